The van der Waals surface area contributed by atoms with Gasteiger partial charge in [0.1, 0.15) is 5.75 Å². The van der Waals surface area contributed by atoms with Gasteiger partial charge in [-0.2, -0.15) is 0 Å². The van der Waals surface area contributed by atoms with Crippen LogP contribution in [0.1, 0.15) is 18.4 Å². The Morgan fingerprint density at radius 2 is 1.80 bits per heavy atom. The van der Waals surface area contributed by atoms with E-state index in [1.54, 1.807) is 28.4 Å². The summed E-state index contributed by atoms with van der Waals surface area (Å²) in [7, 11) is 6.60. The topological polar surface area (TPSA) is 73.3 Å². The largest absolute Gasteiger partial charge is 0.496 e. The number of guanidine groups is 1. The Bertz CT molecular complexity index is 563. The molecule has 1 saturated heterocycles. The zero-order chi connectivity index (χ0) is 17.4. The molecule has 0 spiro atoms. The summed E-state index contributed by atoms with van der Waals surface area (Å²) in [5.41, 5.74) is 0.954. The summed E-state index contributed by atoms with van der Waals surface area (Å²) >= 11 is 0. The van der Waals surface area contributed by atoms with E-state index in [4.69, 9.17) is 18.9 Å². The lowest BCUT2D eigenvalue weighted by Gasteiger charge is -2.17. The van der Waals surface area contributed by atoms with Gasteiger partial charge in [0.15, 0.2) is 17.5 Å². The van der Waals surface area contributed by atoms with Crippen LogP contribution in [0, 0.1) is 0 Å². The molecular formula is C17H28IN3O4. The number of ether oxygens (including phenoxy) is 4. The summed E-state index contributed by atoms with van der Waals surface area (Å²) in [4.78, 5) is 4.24. The minimum Gasteiger partial charge on any atom is -0.496 e. The minimum atomic E-state index is 0. The first-order valence-electron chi connectivity index (χ1n) is 8.06. The lowest BCUT2D eigenvalue weighted by atomic mass is 10.1. The molecule has 1 aromatic carbocycles. The smallest absolute Gasteiger partial charge is 0.191 e. The van der Waals surface area contributed by atoms with Crippen LogP contribution >= 0.6 is 24.0 Å². The number of hydrogen-bond donors (Lipinski definition) is 2. The second-order valence-corrected chi connectivity index (χ2v) is 5.46. The zero-order valence-electron chi connectivity index (χ0n) is 15.3. The van der Waals surface area contributed by atoms with Gasteiger partial charge in [-0.15, -0.1) is 24.0 Å². The number of hydrogen-bond acceptors (Lipinski definition) is 5. The van der Waals surface area contributed by atoms with E-state index >= 15 is 0 Å². The predicted octanol–water partition coefficient (Wildman–Crippen LogP) is 2.17. The Morgan fingerprint density at radius 1 is 1.12 bits per heavy atom. The number of aliphatic imine (C=N–C) groups is 1. The summed E-state index contributed by atoms with van der Waals surface area (Å²) in [6, 6.07) is 3.72. The zero-order valence-corrected chi connectivity index (χ0v) is 17.6. The molecule has 142 valence electrons. The maximum absolute atomic E-state index is 5.61. The van der Waals surface area contributed by atoms with E-state index in [2.05, 4.69) is 15.6 Å². The highest BCUT2D eigenvalue weighted by Crippen LogP contribution is 2.34. The van der Waals surface area contributed by atoms with Gasteiger partial charge in [-0.3, -0.25) is 4.99 Å². The van der Waals surface area contributed by atoms with Crippen LogP contribution in [0.4, 0.5) is 0 Å². The highest BCUT2D eigenvalue weighted by molar-refractivity contribution is 14.0. The number of methoxy groups -OCH3 is 3. The van der Waals surface area contributed by atoms with Crippen molar-refractivity contribution in [3.8, 4) is 17.2 Å². The molecule has 2 rings (SSSR count). The fraction of sp³-hybridized carbons (Fsp3) is 0.588. The lowest BCUT2D eigenvalue weighted by molar-refractivity contribution is 0.114. The van der Waals surface area contributed by atoms with Crippen molar-refractivity contribution in [2.24, 2.45) is 4.99 Å². The maximum Gasteiger partial charge on any atom is 0.191 e. The monoisotopic (exact) mass is 465 g/mol. The van der Waals surface area contributed by atoms with Gasteiger partial charge in [-0.1, -0.05) is 0 Å². The second-order valence-electron chi connectivity index (χ2n) is 5.46. The van der Waals surface area contributed by atoms with Crippen molar-refractivity contribution in [2.45, 2.75) is 25.5 Å². The van der Waals surface area contributed by atoms with Crippen LogP contribution in [-0.2, 0) is 11.3 Å². The van der Waals surface area contributed by atoms with Gasteiger partial charge in [0.05, 0.1) is 27.4 Å². The van der Waals surface area contributed by atoms with Crippen LogP contribution in [0.15, 0.2) is 17.1 Å². The maximum atomic E-state index is 5.61. The van der Waals surface area contributed by atoms with E-state index in [1.165, 1.54) is 0 Å². The number of benzene rings is 1. The molecule has 1 aliphatic rings. The number of nitrogens with zero attached hydrogens (tertiary/aromatic N) is 1. The molecule has 7 nitrogen and oxygen atoms in total. The van der Waals surface area contributed by atoms with Gasteiger partial charge >= 0.3 is 0 Å². The third-order valence-corrected chi connectivity index (χ3v) is 3.98. The SMILES string of the molecule is CN=C(NCc1cc(OC)c(OC)cc1OC)NCC1CCCO1.I. The van der Waals surface area contributed by atoms with E-state index in [0.29, 0.717) is 18.0 Å². The highest BCUT2D eigenvalue weighted by atomic mass is 127. The van der Waals surface area contributed by atoms with E-state index in [9.17, 15) is 0 Å². The van der Waals surface area contributed by atoms with E-state index in [1.807, 2.05) is 12.1 Å². The third-order valence-electron chi connectivity index (χ3n) is 3.98. The Kier molecular flexibility index (Phi) is 9.73. The Balaban J connectivity index is 0.00000312. The molecule has 1 aliphatic heterocycles. The molecular weight excluding hydrogens is 437 g/mol. The van der Waals surface area contributed by atoms with Crippen molar-refractivity contribution in [2.75, 3.05) is 41.5 Å². The van der Waals surface area contributed by atoms with Crippen molar-refractivity contribution in [1.29, 1.82) is 0 Å². The Labute approximate surface area is 166 Å². The van der Waals surface area contributed by atoms with Crippen molar-refractivity contribution in [3.63, 3.8) is 0 Å². The van der Waals surface area contributed by atoms with Gasteiger partial charge in [0.25, 0.3) is 0 Å². The van der Waals surface area contributed by atoms with Crippen LogP contribution in [0.5, 0.6) is 17.2 Å². The molecule has 0 saturated carbocycles. The molecule has 1 fully saturated rings. The minimum absolute atomic E-state index is 0. The van der Waals surface area contributed by atoms with Gasteiger partial charge in [0.2, 0.25) is 0 Å². The first-order valence-corrected chi connectivity index (χ1v) is 8.06. The van der Waals surface area contributed by atoms with Crippen molar-refractivity contribution >= 4 is 29.9 Å². The third kappa shape index (κ3) is 6.10. The van der Waals surface area contributed by atoms with Crippen LogP contribution in [0.2, 0.25) is 0 Å². The predicted molar refractivity (Wildman–Crippen MR) is 109 cm³/mol. The van der Waals surface area contributed by atoms with Gasteiger partial charge in [0, 0.05) is 38.4 Å². The van der Waals surface area contributed by atoms with Crippen molar-refractivity contribution in [3.05, 3.63) is 17.7 Å². The summed E-state index contributed by atoms with van der Waals surface area (Å²) < 4.78 is 21.7. The lowest BCUT2D eigenvalue weighted by Crippen LogP contribution is -2.40. The van der Waals surface area contributed by atoms with Crippen molar-refractivity contribution < 1.29 is 18.9 Å². The molecule has 25 heavy (non-hydrogen) atoms. The average molecular weight is 465 g/mol. The molecule has 1 heterocycles. The second kappa shape index (κ2) is 11.2. The first kappa shape index (κ1) is 21.6. The van der Waals surface area contributed by atoms with Crippen LogP contribution in [0.3, 0.4) is 0 Å². The summed E-state index contributed by atoms with van der Waals surface area (Å²) in [6.45, 7) is 2.15. The number of rotatable bonds is 7. The molecule has 1 atom stereocenters. The number of halogens is 1. The van der Waals surface area contributed by atoms with Crippen LogP contribution in [0.25, 0.3) is 0 Å². The van der Waals surface area contributed by atoms with E-state index < -0.39 is 0 Å². The van der Waals surface area contributed by atoms with Crippen molar-refractivity contribution in [1.82, 2.24) is 10.6 Å². The summed E-state index contributed by atoms with van der Waals surface area (Å²) in [5, 5.41) is 6.57. The van der Waals surface area contributed by atoms with Crippen LogP contribution < -0.4 is 24.8 Å². The molecule has 0 radical (unpaired) electrons. The molecule has 0 aliphatic carbocycles. The molecule has 8 heteroatoms. The molecule has 1 unspecified atom stereocenters. The molecule has 1 aromatic rings. The standard InChI is InChI=1S/C17H27N3O4.HI/c1-18-17(20-11-13-6-5-7-24-13)19-10-12-8-15(22-3)16(23-4)9-14(12)21-2;/h8-9,13H,5-7,10-11H2,1-4H3,(H2,18,19,20);1H. The summed E-state index contributed by atoms with van der Waals surface area (Å²) in [6.07, 6.45) is 2.48. The molecule has 0 amide bonds. The van der Waals surface area contributed by atoms with Gasteiger partial charge < -0.3 is 29.6 Å². The molecule has 2 N–H and O–H groups in total. The Morgan fingerprint density at radius 3 is 2.36 bits per heavy atom. The van der Waals surface area contributed by atoms with E-state index in [-0.39, 0.29) is 30.1 Å². The number of nitrogens with one attached hydrogen (secondary N) is 2. The summed E-state index contributed by atoms with van der Waals surface area (Å²) in [5.74, 6) is 2.76. The van der Waals surface area contributed by atoms with Gasteiger partial charge in [-0.25, -0.2) is 0 Å². The molecule has 0 aromatic heterocycles. The van der Waals surface area contributed by atoms with Gasteiger partial charge in [-0.05, 0) is 18.9 Å². The first-order chi connectivity index (χ1) is 11.7. The molecule has 0 bridgehead atoms. The fourth-order valence-electron chi connectivity index (χ4n) is 2.65. The highest BCUT2D eigenvalue weighted by Gasteiger charge is 2.16. The van der Waals surface area contributed by atoms with Crippen LogP contribution in [-0.4, -0.2) is 53.6 Å². The quantitative estimate of drug-likeness (QED) is 0.366. The van der Waals surface area contributed by atoms with E-state index in [0.717, 1.165) is 43.3 Å². The Hall–Kier alpha value is -1.42. The normalized spacial score (nSPS) is 16.8. The fourth-order valence-corrected chi connectivity index (χ4v) is 2.65. The average Bonchev–Trinajstić information content (AvgIpc) is 3.14.